The number of aliphatic carboxylic acids is 1. The summed E-state index contributed by atoms with van der Waals surface area (Å²) in [5, 5.41) is 22.3. The Morgan fingerprint density at radius 2 is 2.25 bits per heavy atom. The standard InChI is InChI=1S/C11H13N3O5S/c1-6-4-12-10(3-9(6)14(18)19)20-5-8(11(16)17)13-7(2)15/h3-4,8H,5H2,1-2H3,(H,13,15)(H,16,17)/t8-/m0/s1. The fourth-order valence-corrected chi connectivity index (χ4v) is 2.24. The van der Waals surface area contributed by atoms with Crippen molar-refractivity contribution in [3.05, 3.63) is 27.9 Å². The van der Waals surface area contributed by atoms with Crippen LogP contribution in [0.15, 0.2) is 17.3 Å². The second-order valence-corrected chi connectivity index (χ2v) is 5.01. The van der Waals surface area contributed by atoms with Crippen molar-refractivity contribution in [1.82, 2.24) is 10.3 Å². The van der Waals surface area contributed by atoms with Gasteiger partial charge in [-0.15, -0.1) is 11.8 Å². The lowest BCUT2D eigenvalue weighted by atomic mass is 10.3. The largest absolute Gasteiger partial charge is 0.480 e. The number of carboxylic acids is 1. The Hall–Kier alpha value is -2.16. The molecule has 0 fully saturated rings. The number of hydrogen-bond donors (Lipinski definition) is 2. The molecule has 0 radical (unpaired) electrons. The van der Waals surface area contributed by atoms with Crippen LogP contribution < -0.4 is 5.32 Å². The van der Waals surface area contributed by atoms with Crippen molar-refractivity contribution in [3.8, 4) is 0 Å². The fraction of sp³-hybridized carbons (Fsp3) is 0.364. The number of pyridine rings is 1. The van der Waals surface area contributed by atoms with Crippen LogP contribution in [-0.2, 0) is 9.59 Å². The SMILES string of the molecule is CC(=O)N[C@@H](CSc1cc([N+](=O)[O-])c(C)cn1)C(=O)O. The van der Waals surface area contributed by atoms with E-state index in [1.165, 1.54) is 19.2 Å². The molecule has 0 aromatic carbocycles. The molecule has 0 spiro atoms. The van der Waals surface area contributed by atoms with E-state index in [0.29, 0.717) is 10.6 Å². The third kappa shape index (κ3) is 4.50. The van der Waals surface area contributed by atoms with Crippen LogP contribution in [0.3, 0.4) is 0 Å². The molecule has 0 unspecified atom stereocenters. The molecule has 1 aromatic rings. The number of carboxylic acid groups (broad SMARTS) is 1. The molecule has 0 aliphatic rings. The Labute approximate surface area is 118 Å². The number of nitro groups is 1. The lowest BCUT2D eigenvalue weighted by Gasteiger charge is -2.12. The van der Waals surface area contributed by atoms with Crippen molar-refractivity contribution in [1.29, 1.82) is 0 Å². The van der Waals surface area contributed by atoms with E-state index in [4.69, 9.17) is 5.11 Å². The number of carbonyl (C=O) groups excluding carboxylic acids is 1. The predicted molar refractivity (Wildman–Crippen MR) is 71.6 cm³/mol. The number of hydrogen-bond acceptors (Lipinski definition) is 6. The van der Waals surface area contributed by atoms with Crippen LogP contribution in [0.5, 0.6) is 0 Å². The zero-order valence-electron chi connectivity index (χ0n) is 10.8. The Morgan fingerprint density at radius 3 is 2.75 bits per heavy atom. The quantitative estimate of drug-likeness (QED) is 0.456. The van der Waals surface area contributed by atoms with Gasteiger partial charge in [0.1, 0.15) is 11.1 Å². The lowest BCUT2D eigenvalue weighted by molar-refractivity contribution is -0.385. The molecule has 0 bridgehead atoms. The minimum atomic E-state index is -1.17. The number of nitrogens with one attached hydrogen (secondary N) is 1. The molecule has 1 atom stereocenters. The topological polar surface area (TPSA) is 122 Å². The van der Waals surface area contributed by atoms with Crippen molar-refractivity contribution < 1.29 is 19.6 Å². The summed E-state index contributed by atoms with van der Waals surface area (Å²) in [5.41, 5.74) is 0.352. The van der Waals surface area contributed by atoms with Crippen molar-refractivity contribution in [2.45, 2.75) is 24.9 Å². The van der Waals surface area contributed by atoms with Gasteiger partial charge in [-0.2, -0.15) is 0 Å². The first-order valence-corrected chi connectivity index (χ1v) is 6.53. The fourth-order valence-electron chi connectivity index (χ4n) is 1.36. The van der Waals surface area contributed by atoms with Crippen LogP contribution in [0.25, 0.3) is 0 Å². The van der Waals surface area contributed by atoms with Gasteiger partial charge < -0.3 is 10.4 Å². The van der Waals surface area contributed by atoms with Crippen LogP contribution >= 0.6 is 11.8 Å². The monoisotopic (exact) mass is 299 g/mol. The first-order chi connectivity index (χ1) is 9.31. The second kappa shape index (κ2) is 6.85. The maximum Gasteiger partial charge on any atom is 0.327 e. The number of nitrogens with zero attached hydrogens (tertiary/aromatic N) is 2. The third-order valence-corrected chi connectivity index (χ3v) is 3.34. The van der Waals surface area contributed by atoms with Gasteiger partial charge in [0, 0.05) is 30.5 Å². The first-order valence-electron chi connectivity index (χ1n) is 5.55. The van der Waals surface area contributed by atoms with Crippen molar-refractivity contribution in [2.24, 2.45) is 0 Å². The van der Waals surface area contributed by atoms with Crippen LogP contribution in [0.1, 0.15) is 12.5 Å². The third-order valence-electron chi connectivity index (χ3n) is 2.32. The Bertz CT molecular complexity index is 549. The van der Waals surface area contributed by atoms with Gasteiger partial charge in [0.05, 0.1) is 4.92 Å². The molecule has 108 valence electrons. The van der Waals surface area contributed by atoms with E-state index < -0.39 is 22.8 Å². The summed E-state index contributed by atoms with van der Waals surface area (Å²) < 4.78 is 0. The second-order valence-electron chi connectivity index (χ2n) is 3.97. The van der Waals surface area contributed by atoms with Crippen LogP contribution in [-0.4, -0.2) is 38.7 Å². The number of amides is 1. The molecule has 20 heavy (non-hydrogen) atoms. The summed E-state index contributed by atoms with van der Waals surface area (Å²) in [6.45, 7) is 2.78. The molecule has 1 heterocycles. The average molecular weight is 299 g/mol. The minimum absolute atomic E-state index is 0.0299. The summed E-state index contributed by atoms with van der Waals surface area (Å²) in [7, 11) is 0. The van der Waals surface area contributed by atoms with Gasteiger partial charge in [-0.05, 0) is 6.92 Å². The highest BCUT2D eigenvalue weighted by atomic mass is 32.2. The average Bonchev–Trinajstić information content (AvgIpc) is 2.34. The maximum absolute atomic E-state index is 10.9. The van der Waals surface area contributed by atoms with Crippen LogP contribution in [0, 0.1) is 17.0 Å². The number of aromatic nitrogens is 1. The molecule has 0 aliphatic carbocycles. The van der Waals surface area contributed by atoms with Crippen LogP contribution in [0.2, 0.25) is 0 Å². The summed E-state index contributed by atoms with van der Waals surface area (Å²) in [5.74, 6) is -1.60. The van der Waals surface area contributed by atoms with E-state index in [0.717, 1.165) is 11.8 Å². The highest BCUT2D eigenvalue weighted by molar-refractivity contribution is 7.99. The molecule has 1 aromatic heterocycles. The Kier molecular flexibility index (Phi) is 5.44. The van der Waals surface area contributed by atoms with Crippen molar-refractivity contribution in [3.63, 3.8) is 0 Å². The summed E-state index contributed by atoms with van der Waals surface area (Å²) in [6, 6.07) is 0.215. The molecule has 0 aliphatic heterocycles. The van der Waals surface area contributed by atoms with E-state index in [2.05, 4.69) is 10.3 Å². The number of thioether (sulfide) groups is 1. The molecule has 0 saturated carbocycles. The molecule has 2 N–H and O–H groups in total. The molecule has 8 nitrogen and oxygen atoms in total. The summed E-state index contributed by atoms with van der Waals surface area (Å²) in [6.07, 6.45) is 1.36. The summed E-state index contributed by atoms with van der Waals surface area (Å²) >= 11 is 1.03. The Morgan fingerprint density at radius 1 is 1.60 bits per heavy atom. The smallest absolute Gasteiger partial charge is 0.327 e. The normalized spacial score (nSPS) is 11.7. The summed E-state index contributed by atoms with van der Waals surface area (Å²) in [4.78, 5) is 36.0. The molecular weight excluding hydrogens is 286 g/mol. The van der Waals surface area contributed by atoms with Gasteiger partial charge in [0.15, 0.2) is 0 Å². The van der Waals surface area contributed by atoms with Gasteiger partial charge >= 0.3 is 5.97 Å². The first kappa shape index (κ1) is 15.9. The molecule has 1 amide bonds. The van der Waals surface area contributed by atoms with Gasteiger partial charge in [-0.3, -0.25) is 14.9 Å². The van der Waals surface area contributed by atoms with E-state index in [9.17, 15) is 19.7 Å². The molecule has 9 heteroatoms. The number of aryl methyl sites for hydroxylation is 1. The number of rotatable bonds is 6. The minimum Gasteiger partial charge on any atom is -0.480 e. The molecule has 1 rings (SSSR count). The van der Waals surface area contributed by atoms with E-state index in [1.54, 1.807) is 6.92 Å². The molecule has 0 saturated heterocycles. The van der Waals surface area contributed by atoms with Gasteiger partial charge in [-0.25, -0.2) is 9.78 Å². The predicted octanol–water partition coefficient (Wildman–Crippen LogP) is 0.980. The van der Waals surface area contributed by atoms with Crippen molar-refractivity contribution >= 4 is 29.3 Å². The lowest BCUT2D eigenvalue weighted by Crippen LogP contribution is -2.41. The Balaban J connectivity index is 2.78. The van der Waals surface area contributed by atoms with E-state index in [-0.39, 0.29) is 11.4 Å². The highest BCUT2D eigenvalue weighted by Gasteiger charge is 2.20. The van der Waals surface area contributed by atoms with Gasteiger partial charge in [0.2, 0.25) is 5.91 Å². The van der Waals surface area contributed by atoms with Gasteiger partial charge in [0.25, 0.3) is 5.69 Å². The zero-order valence-corrected chi connectivity index (χ0v) is 11.6. The van der Waals surface area contributed by atoms with Gasteiger partial charge in [-0.1, -0.05) is 0 Å². The maximum atomic E-state index is 10.9. The van der Waals surface area contributed by atoms with Crippen molar-refractivity contribution in [2.75, 3.05) is 5.75 Å². The highest BCUT2D eigenvalue weighted by Crippen LogP contribution is 2.24. The van der Waals surface area contributed by atoms with E-state index >= 15 is 0 Å². The number of carbonyl (C=O) groups is 2. The van der Waals surface area contributed by atoms with Crippen LogP contribution in [0.4, 0.5) is 5.69 Å². The van der Waals surface area contributed by atoms with E-state index in [1.807, 2.05) is 0 Å². The zero-order chi connectivity index (χ0) is 15.3. The molecular formula is C11H13N3O5S.